The lowest BCUT2D eigenvalue weighted by Gasteiger charge is -2.12. The number of nitrogens with zero attached hydrogens (tertiary/aromatic N) is 3. The molecule has 28 heavy (non-hydrogen) atoms. The minimum atomic E-state index is -0.138. The van der Waals surface area contributed by atoms with E-state index >= 15 is 0 Å². The van der Waals surface area contributed by atoms with E-state index in [1.807, 2.05) is 39.2 Å². The number of aromatic amines is 2. The van der Waals surface area contributed by atoms with Gasteiger partial charge in [0.05, 0.1) is 22.6 Å². The molecule has 0 atom stereocenters. The zero-order valence-corrected chi connectivity index (χ0v) is 16.4. The average molecular weight is 383 g/mol. The van der Waals surface area contributed by atoms with Gasteiger partial charge in [0.2, 0.25) is 0 Å². The van der Waals surface area contributed by atoms with Gasteiger partial charge >= 0.3 is 0 Å². The quantitative estimate of drug-likeness (QED) is 0.622. The van der Waals surface area contributed by atoms with E-state index in [9.17, 15) is 4.79 Å². The Hall–Kier alpha value is -3.09. The maximum atomic E-state index is 11.3. The summed E-state index contributed by atoms with van der Waals surface area (Å²) in [6.45, 7) is 12.3. The summed E-state index contributed by atoms with van der Waals surface area (Å²) < 4.78 is 2.11. The highest BCUT2D eigenvalue weighted by atomic mass is 16.1. The summed E-state index contributed by atoms with van der Waals surface area (Å²) in [7, 11) is 2.03. The van der Waals surface area contributed by atoms with E-state index in [0.717, 1.165) is 34.3 Å². The van der Waals surface area contributed by atoms with Crippen molar-refractivity contribution in [3.05, 3.63) is 58.4 Å². The number of nitrogens with one attached hydrogen (secondary N) is 3. The van der Waals surface area contributed by atoms with Gasteiger partial charge in [0.25, 0.3) is 5.56 Å². The molecule has 0 saturated heterocycles. The summed E-state index contributed by atoms with van der Waals surface area (Å²) >= 11 is 0. The van der Waals surface area contributed by atoms with Crippen molar-refractivity contribution in [3.8, 4) is 0 Å². The normalized spacial score (nSPS) is 12.5. The third-order valence-corrected chi connectivity index (χ3v) is 4.43. The molecule has 4 heterocycles. The number of fused-ring (bicyclic) bond motifs is 2. The van der Waals surface area contributed by atoms with Crippen LogP contribution in [0.15, 0.2) is 29.8 Å². The van der Waals surface area contributed by atoms with Crippen molar-refractivity contribution in [2.45, 2.75) is 47.0 Å². The first-order chi connectivity index (χ1) is 12.8. The summed E-state index contributed by atoms with van der Waals surface area (Å²) in [4.78, 5) is 25.8. The highest BCUT2D eigenvalue weighted by Gasteiger charge is 2.18. The molecule has 0 bridgehead atoms. The lowest BCUT2D eigenvalue weighted by atomic mass is 10.2. The minimum Gasteiger partial charge on any atom is -0.360 e. The van der Waals surface area contributed by atoms with E-state index in [4.69, 9.17) is 0 Å². The summed E-state index contributed by atoms with van der Waals surface area (Å²) in [5.41, 5.74) is 4.18. The molecular formula is C21H30N6O. The van der Waals surface area contributed by atoms with Crippen LogP contribution in [0.4, 0.5) is 0 Å². The van der Waals surface area contributed by atoms with Gasteiger partial charge in [-0.15, -0.1) is 0 Å². The van der Waals surface area contributed by atoms with Crippen LogP contribution in [0.25, 0.3) is 22.8 Å². The Morgan fingerprint density at radius 2 is 1.86 bits per heavy atom. The zero-order chi connectivity index (χ0) is 19.7. The molecule has 0 fully saturated rings. The minimum absolute atomic E-state index is 0. The molecule has 3 aromatic rings. The number of hydrogen-bond donors (Lipinski definition) is 3. The molecular weight excluding hydrogens is 352 g/mol. The summed E-state index contributed by atoms with van der Waals surface area (Å²) in [5, 5.41) is 3.10. The second-order valence-corrected chi connectivity index (χ2v) is 7.22. The number of pyridine rings is 1. The van der Waals surface area contributed by atoms with Crippen LogP contribution in [0, 0.1) is 0 Å². The Kier molecular flexibility index (Phi) is 6.28. The van der Waals surface area contributed by atoms with Crippen LogP contribution >= 0.6 is 0 Å². The maximum Gasteiger partial charge on any atom is 0.276 e. The average Bonchev–Trinajstić information content (AvgIpc) is 3.19. The number of H-pyrrole nitrogens is 2. The lowest BCUT2D eigenvalue weighted by Crippen LogP contribution is -2.11. The largest absolute Gasteiger partial charge is 0.360 e. The van der Waals surface area contributed by atoms with Crippen molar-refractivity contribution in [2.24, 2.45) is 7.05 Å². The van der Waals surface area contributed by atoms with Crippen LogP contribution in [0.2, 0.25) is 0 Å². The van der Waals surface area contributed by atoms with Gasteiger partial charge in [-0.2, -0.15) is 0 Å². The summed E-state index contributed by atoms with van der Waals surface area (Å²) in [6, 6.07) is 1.82. The highest BCUT2D eigenvalue weighted by molar-refractivity contribution is 5.73. The first-order valence-electron chi connectivity index (χ1n) is 9.05. The second-order valence-electron chi connectivity index (χ2n) is 7.22. The fraction of sp³-hybridized carbons (Fsp3) is 0.381. The number of rotatable bonds is 2. The molecule has 4 rings (SSSR count). The fourth-order valence-electron chi connectivity index (χ4n) is 3.06. The van der Waals surface area contributed by atoms with Crippen LogP contribution in [0.5, 0.6) is 0 Å². The Bertz CT molecular complexity index is 1060. The summed E-state index contributed by atoms with van der Waals surface area (Å²) in [5.74, 6) is 2.70. The molecule has 0 aromatic carbocycles. The van der Waals surface area contributed by atoms with E-state index in [-0.39, 0.29) is 13.0 Å². The number of hydrogen-bond acceptors (Lipinski definition) is 4. The fourth-order valence-corrected chi connectivity index (χ4v) is 3.06. The van der Waals surface area contributed by atoms with Crippen LogP contribution in [-0.4, -0.2) is 24.5 Å². The van der Waals surface area contributed by atoms with Crippen molar-refractivity contribution >= 4 is 22.8 Å². The van der Waals surface area contributed by atoms with E-state index in [1.54, 1.807) is 6.20 Å². The molecule has 7 heteroatoms. The number of aromatic nitrogens is 5. The molecule has 0 unspecified atom stereocenters. The van der Waals surface area contributed by atoms with Gasteiger partial charge in [0.1, 0.15) is 11.6 Å². The predicted molar refractivity (Wildman–Crippen MR) is 116 cm³/mol. The molecule has 0 spiro atoms. The monoisotopic (exact) mass is 382 g/mol. The van der Waals surface area contributed by atoms with Crippen LogP contribution in [0.3, 0.4) is 0 Å². The molecule has 0 aliphatic carbocycles. The van der Waals surface area contributed by atoms with Crippen LogP contribution < -0.4 is 10.9 Å². The second kappa shape index (κ2) is 8.29. The molecule has 7 nitrogen and oxygen atoms in total. The Morgan fingerprint density at radius 1 is 1.14 bits per heavy atom. The smallest absolute Gasteiger partial charge is 0.276 e. The van der Waals surface area contributed by atoms with E-state index < -0.39 is 0 Å². The van der Waals surface area contributed by atoms with Crippen molar-refractivity contribution in [1.29, 1.82) is 0 Å². The topological polar surface area (TPSA) is 91.4 Å². The SMILES string of the molecule is C.C=C1NC=Cc2nc(C(C)C)n(C)c21.CC(C)c1nc2c(=O)[nH]ccc2[nH]1. The van der Waals surface area contributed by atoms with Gasteiger partial charge in [0.15, 0.2) is 5.52 Å². The molecule has 1 aliphatic rings. The highest BCUT2D eigenvalue weighted by Crippen LogP contribution is 2.25. The molecule has 0 radical (unpaired) electrons. The maximum absolute atomic E-state index is 11.3. The van der Waals surface area contributed by atoms with E-state index in [2.05, 4.69) is 50.2 Å². The van der Waals surface area contributed by atoms with Gasteiger partial charge in [-0.3, -0.25) is 4.79 Å². The van der Waals surface area contributed by atoms with Crippen molar-refractivity contribution in [2.75, 3.05) is 0 Å². The van der Waals surface area contributed by atoms with Crippen molar-refractivity contribution in [3.63, 3.8) is 0 Å². The van der Waals surface area contributed by atoms with Crippen LogP contribution in [0.1, 0.15) is 70.0 Å². The van der Waals surface area contributed by atoms with Gasteiger partial charge in [0, 0.05) is 31.3 Å². The molecule has 3 aromatic heterocycles. The van der Waals surface area contributed by atoms with Crippen molar-refractivity contribution < 1.29 is 0 Å². The lowest BCUT2D eigenvalue weighted by molar-refractivity contribution is 0.705. The van der Waals surface area contributed by atoms with Gasteiger partial charge < -0.3 is 19.9 Å². The van der Waals surface area contributed by atoms with Gasteiger partial charge in [-0.05, 0) is 12.1 Å². The molecule has 0 saturated carbocycles. The third-order valence-electron chi connectivity index (χ3n) is 4.43. The molecule has 150 valence electrons. The van der Waals surface area contributed by atoms with Crippen molar-refractivity contribution in [1.82, 2.24) is 29.8 Å². The van der Waals surface area contributed by atoms with E-state index in [1.165, 1.54) is 0 Å². The summed E-state index contributed by atoms with van der Waals surface area (Å²) in [6.07, 6.45) is 5.48. The Balaban J connectivity index is 0.000000194. The number of imidazole rings is 2. The molecule has 1 aliphatic heterocycles. The first-order valence-corrected chi connectivity index (χ1v) is 9.05. The standard InChI is InChI=1S/C11H15N3.C9H11N3O.CH4/c1-7(2)11-13-9-5-6-12-8(3)10(9)14(11)4;1-5(2)8-11-6-3-4-10-9(13)7(6)12-8;/h5-7,12H,3H2,1-2,4H3;3-5H,1-2H3,(H,10,13)(H,11,12);1H4. The predicted octanol–water partition coefficient (Wildman–Crippen LogP) is 4.10. The van der Waals surface area contributed by atoms with E-state index in [0.29, 0.717) is 17.4 Å². The van der Waals surface area contributed by atoms with Gasteiger partial charge in [-0.1, -0.05) is 41.7 Å². The molecule has 0 amide bonds. The Morgan fingerprint density at radius 3 is 2.43 bits per heavy atom. The zero-order valence-electron chi connectivity index (χ0n) is 16.4. The van der Waals surface area contributed by atoms with Crippen LogP contribution in [-0.2, 0) is 7.05 Å². The molecule has 3 N–H and O–H groups in total. The Labute approximate surface area is 165 Å². The first kappa shape index (κ1) is 21.2. The third kappa shape index (κ3) is 3.93. The van der Waals surface area contributed by atoms with Gasteiger partial charge in [-0.25, -0.2) is 9.97 Å².